The van der Waals surface area contributed by atoms with Crippen LogP contribution in [0.2, 0.25) is 0 Å². The maximum atomic E-state index is 11.3. The van der Waals surface area contributed by atoms with Crippen LogP contribution in [0.3, 0.4) is 0 Å². The van der Waals surface area contributed by atoms with Crippen LogP contribution in [0.4, 0.5) is 0 Å². The van der Waals surface area contributed by atoms with Gasteiger partial charge in [0.25, 0.3) is 5.91 Å². The van der Waals surface area contributed by atoms with Crippen molar-refractivity contribution in [1.29, 1.82) is 5.26 Å². The molecule has 5 heteroatoms. The second kappa shape index (κ2) is 4.26. The molecule has 0 bridgehead atoms. The van der Waals surface area contributed by atoms with Crippen LogP contribution in [-0.2, 0) is 0 Å². The summed E-state index contributed by atoms with van der Waals surface area (Å²) in [4.78, 5) is 17.7. The number of H-pyrrole nitrogens is 1. The predicted octanol–water partition coefficient (Wildman–Crippen LogP) is 0.442. The second-order valence-corrected chi connectivity index (χ2v) is 2.53. The van der Waals surface area contributed by atoms with E-state index in [1.807, 2.05) is 13.0 Å². The number of nitrogens with one attached hydrogen (secondary N) is 2. The molecule has 13 heavy (non-hydrogen) atoms. The Morgan fingerprint density at radius 1 is 1.92 bits per heavy atom. The van der Waals surface area contributed by atoms with Crippen molar-refractivity contribution in [3.8, 4) is 6.07 Å². The molecule has 0 saturated heterocycles. The van der Waals surface area contributed by atoms with Crippen molar-refractivity contribution >= 4 is 5.91 Å². The number of carbonyl (C=O) groups is 1. The Balaban J connectivity index is 2.57. The van der Waals surface area contributed by atoms with Crippen molar-refractivity contribution in [1.82, 2.24) is 15.3 Å². The second-order valence-electron chi connectivity index (χ2n) is 2.53. The third-order valence-electron chi connectivity index (χ3n) is 1.61. The van der Waals surface area contributed by atoms with E-state index < -0.39 is 6.04 Å². The van der Waals surface area contributed by atoms with Crippen LogP contribution >= 0.6 is 0 Å². The minimum Gasteiger partial charge on any atom is -0.341 e. The van der Waals surface area contributed by atoms with Gasteiger partial charge in [-0.2, -0.15) is 5.26 Å². The van der Waals surface area contributed by atoms with E-state index in [1.54, 1.807) is 0 Å². The van der Waals surface area contributed by atoms with E-state index in [1.165, 1.54) is 12.5 Å². The first-order valence-corrected chi connectivity index (χ1v) is 3.96. The number of rotatable bonds is 3. The van der Waals surface area contributed by atoms with E-state index in [0.717, 1.165) is 0 Å². The molecule has 0 aliphatic carbocycles. The minimum absolute atomic E-state index is 0.300. The monoisotopic (exact) mass is 178 g/mol. The highest BCUT2D eigenvalue weighted by atomic mass is 16.1. The Bertz CT molecular complexity index is 311. The molecular weight excluding hydrogens is 168 g/mol. The van der Waals surface area contributed by atoms with Crippen molar-refractivity contribution in [2.45, 2.75) is 19.4 Å². The fraction of sp³-hybridized carbons (Fsp3) is 0.375. The Morgan fingerprint density at radius 2 is 2.69 bits per heavy atom. The van der Waals surface area contributed by atoms with Gasteiger partial charge in [0, 0.05) is 0 Å². The third-order valence-corrected chi connectivity index (χ3v) is 1.61. The van der Waals surface area contributed by atoms with Gasteiger partial charge in [-0.15, -0.1) is 0 Å². The molecule has 0 unspecified atom stereocenters. The maximum absolute atomic E-state index is 11.3. The van der Waals surface area contributed by atoms with Gasteiger partial charge in [-0.25, -0.2) is 4.98 Å². The maximum Gasteiger partial charge on any atom is 0.270 e. The first-order chi connectivity index (χ1) is 6.27. The van der Waals surface area contributed by atoms with Crippen LogP contribution in [0.1, 0.15) is 23.8 Å². The average molecular weight is 178 g/mol. The van der Waals surface area contributed by atoms with E-state index in [2.05, 4.69) is 15.3 Å². The molecular formula is C8H10N4O. The fourth-order valence-corrected chi connectivity index (χ4v) is 0.842. The van der Waals surface area contributed by atoms with E-state index in [9.17, 15) is 4.79 Å². The van der Waals surface area contributed by atoms with Crippen LogP contribution in [0.25, 0.3) is 0 Å². The lowest BCUT2D eigenvalue weighted by atomic mass is 10.2. The number of aromatic nitrogens is 2. The van der Waals surface area contributed by atoms with Crippen molar-refractivity contribution < 1.29 is 4.79 Å². The molecule has 1 aromatic heterocycles. The van der Waals surface area contributed by atoms with Gasteiger partial charge in [-0.05, 0) is 6.42 Å². The van der Waals surface area contributed by atoms with E-state index >= 15 is 0 Å². The van der Waals surface area contributed by atoms with Gasteiger partial charge in [0.1, 0.15) is 11.7 Å². The lowest BCUT2D eigenvalue weighted by molar-refractivity contribution is 0.0940. The van der Waals surface area contributed by atoms with E-state index in [-0.39, 0.29) is 5.91 Å². The van der Waals surface area contributed by atoms with Crippen molar-refractivity contribution in [2.75, 3.05) is 0 Å². The van der Waals surface area contributed by atoms with Gasteiger partial charge in [-0.3, -0.25) is 4.79 Å². The van der Waals surface area contributed by atoms with Crippen molar-refractivity contribution in [2.24, 2.45) is 0 Å². The SMILES string of the molecule is CC[C@H](C#N)NC(=O)c1cnc[nH]1. The number of nitriles is 1. The van der Waals surface area contributed by atoms with Gasteiger partial charge in [0.05, 0.1) is 18.6 Å². The molecule has 0 radical (unpaired) electrons. The van der Waals surface area contributed by atoms with Crippen LogP contribution in [0, 0.1) is 11.3 Å². The molecule has 1 heterocycles. The number of hydrogen-bond acceptors (Lipinski definition) is 3. The predicted molar refractivity (Wildman–Crippen MR) is 45.7 cm³/mol. The zero-order valence-corrected chi connectivity index (χ0v) is 7.24. The molecule has 68 valence electrons. The molecule has 2 N–H and O–H groups in total. The van der Waals surface area contributed by atoms with Crippen LogP contribution < -0.4 is 5.32 Å². The standard InChI is InChI=1S/C8H10N4O/c1-2-6(3-9)12-8(13)7-4-10-5-11-7/h4-6H,2H2,1H3,(H,10,11)(H,12,13)/t6-/m1/s1. The Kier molecular flexibility index (Phi) is 3.03. The first-order valence-electron chi connectivity index (χ1n) is 3.96. The molecule has 0 saturated carbocycles. The number of carbonyl (C=O) groups excluding carboxylic acids is 1. The molecule has 0 aliphatic heterocycles. The average Bonchev–Trinajstić information content (AvgIpc) is 2.66. The molecule has 0 fully saturated rings. The summed E-state index contributed by atoms with van der Waals surface area (Å²) < 4.78 is 0. The third kappa shape index (κ3) is 2.30. The van der Waals surface area contributed by atoms with Crippen molar-refractivity contribution in [3.05, 3.63) is 18.2 Å². The van der Waals surface area contributed by atoms with E-state index in [0.29, 0.717) is 12.1 Å². The van der Waals surface area contributed by atoms with Crippen molar-refractivity contribution in [3.63, 3.8) is 0 Å². The van der Waals surface area contributed by atoms with E-state index in [4.69, 9.17) is 5.26 Å². The van der Waals surface area contributed by atoms with Gasteiger partial charge in [0.2, 0.25) is 0 Å². The molecule has 1 aromatic rings. The summed E-state index contributed by atoms with van der Waals surface area (Å²) in [6, 6.07) is 1.54. The molecule has 1 atom stereocenters. The highest BCUT2D eigenvalue weighted by Crippen LogP contribution is 1.94. The summed E-state index contributed by atoms with van der Waals surface area (Å²) in [6.45, 7) is 1.83. The number of imidazole rings is 1. The lowest BCUT2D eigenvalue weighted by Gasteiger charge is -2.06. The lowest BCUT2D eigenvalue weighted by Crippen LogP contribution is -2.33. The zero-order chi connectivity index (χ0) is 9.68. The molecule has 0 aliphatic rings. The highest BCUT2D eigenvalue weighted by molar-refractivity contribution is 5.92. The summed E-state index contributed by atoms with van der Waals surface area (Å²) in [7, 11) is 0. The number of nitrogens with zero attached hydrogens (tertiary/aromatic N) is 2. The smallest absolute Gasteiger partial charge is 0.270 e. The normalized spacial score (nSPS) is 11.7. The van der Waals surface area contributed by atoms with Crippen LogP contribution in [0.15, 0.2) is 12.5 Å². The molecule has 1 amide bonds. The van der Waals surface area contributed by atoms with Gasteiger partial charge >= 0.3 is 0 Å². The minimum atomic E-state index is -0.434. The molecule has 5 nitrogen and oxygen atoms in total. The summed E-state index contributed by atoms with van der Waals surface area (Å²) in [5.41, 5.74) is 0.369. The molecule has 0 aromatic carbocycles. The summed E-state index contributed by atoms with van der Waals surface area (Å²) in [5.74, 6) is -0.300. The van der Waals surface area contributed by atoms with Crippen LogP contribution in [-0.4, -0.2) is 21.9 Å². The molecule has 1 rings (SSSR count). The number of aromatic amines is 1. The van der Waals surface area contributed by atoms with Gasteiger partial charge in [-0.1, -0.05) is 6.92 Å². The van der Waals surface area contributed by atoms with Gasteiger partial charge in [0.15, 0.2) is 0 Å². The topological polar surface area (TPSA) is 81.6 Å². The zero-order valence-electron chi connectivity index (χ0n) is 7.24. The molecule has 0 spiro atoms. The number of amides is 1. The highest BCUT2D eigenvalue weighted by Gasteiger charge is 2.11. The first kappa shape index (κ1) is 9.26. The Labute approximate surface area is 75.8 Å². The summed E-state index contributed by atoms with van der Waals surface area (Å²) in [5, 5.41) is 11.1. The summed E-state index contributed by atoms with van der Waals surface area (Å²) in [6.07, 6.45) is 3.43. The Morgan fingerprint density at radius 3 is 3.15 bits per heavy atom. The summed E-state index contributed by atoms with van der Waals surface area (Å²) >= 11 is 0. The van der Waals surface area contributed by atoms with Crippen LogP contribution in [0.5, 0.6) is 0 Å². The fourth-order valence-electron chi connectivity index (χ4n) is 0.842. The quantitative estimate of drug-likeness (QED) is 0.704. The van der Waals surface area contributed by atoms with Gasteiger partial charge < -0.3 is 10.3 Å². The largest absolute Gasteiger partial charge is 0.341 e. The Hall–Kier alpha value is -1.83. The number of hydrogen-bond donors (Lipinski definition) is 2.